The molecular formula is C17H21NO3. The third kappa shape index (κ3) is 5.36. The van der Waals surface area contributed by atoms with Crippen LogP contribution in [0.1, 0.15) is 5.56 Å². The van der Waals surface area contributed by atoms with Crippen molar-refractivity contribution in [3.8, 4) is 11.5 Å². The molecule has 4 heteroatoms. The Labute approximate surface area is 125 Å². The Morgan fingerprint density at radius 1 is 0.857 bits per heavy atom. The summed E-state index contributed by atoms with van der Waals surface area (Å²) in [6, 6.07) is 15.4. The highest BCUT2D eigenvalue weighted by atomic mass is 16.5. The summed E-state index contributed by atoms with van der Waals surface area (Å²) in [6.07, 6.45) is 0.912. The van der Waals surface area contributed by atoms with Gasteiger partial charge in [0, 0.05) is 18.9 Å². The molecule has 2 rings (SSSR count). The molecule has 2 N–H and O–H groups in total. The van der Waals surface area contributed by atoms with Crippen LogP contribution in [0.4, 0.5) is 5.69 Å². The van der Waals surface area contributed by atoms with Crippen LogP contribution in [0.2, 0.25) is 0 Å². The molecule has 0 aromatic heterocycles. The maximum Gasteiger partial charge on any atom is 0.122 e. The highest BCUT2D eigenvalue weighted by molar-refractivity contribution is 5.43. The van der Waals surface area contributed by atoms with E-state index in [0.29, 0.717) is 18.9 Å². The van der Waals surface area contributed by atoms with Crippen molar-refractivity contribution in [2.24, 2.45) is 0 Å². The van der Waals surface area contributed by atoms with Gasteiger partial charge in [-0.3, -0.25) is 0 Å². The van der Waals surface area contributed by atoms with Crippen molar-refractivity contribution in [3.63, 3.8) is 0 Å². The van der Waals surface area contributed by atoms with Crippen LogP contribution >= 0.6 is 0 Å². The van der Waals surface area contributed by atoms with Crippen LogP contribution in [0.5, 0.6) is 11.5 Å². The summed E-state index contributed by atoms with van der Waals surface area (Å²) in [7, 11) is 1.71. The largest absolute Gasteiger partial charge is 0.490 e. The van der Waals surface area contributed by atoms with E-state index in [4.69, 9.17) is 19.9 Å². The van der Waals surface area contributed by atoms with E-state index >= 15 is 0 Å². The number of anilines is 1. The van der Waals surface area contributed by atoms with Gasteiger partial charge in [0.15, 0.2) is 0 Å². The fraction of sp³-hybridized carbons (Fsp3) is 0.294. The zero-order valence-corrected chi connectivity index (χ0v) is 12.2. The molecule has 0 spiro atoms. The lowest BCUT2D eigenvalue weighted by Gasteiger charge is -2.09. The molecular weight excluding hydrogens is 266 g/mol. The van der Waals surface area contributed by atoms with Crippen molar-refractivity contribution in [3.05, 3.63) is 54.1 Å². The molecule has 0 unspecified atom stereocenters. The lowest BCUT2D eigenvalue weighted by atomic mass is 10.1. The summed E-state index contributed by atoms with van der Waals surface area (Å²) in [4.78, 5) is 0. The molecule has 0 heterocycles. The van der Waals surface area contributed by atoms with Gasteiger partial charge in [-0.2, -0.15) is 0 Å². The van der Waals surface area contributed by atoms with E-state index < -0.39 is 0 Å². The Kier molecular flexibility index (Phi) is 5.91. The van der Waals surface area contributed by atoms with Crippen LogP contribution in [0.15, 0.2) is 48.5 Å². The van der Waals surface area contributed by atoms with E-state index in [9.17, 15) is 0 Å². The molecule has 0 aliphatic rings. The van der Waals surface area contributed by atoms with Crippen LogP contribution in [0.25, 0.3) is 0 Å². The summed E-state index contributed by atoms with van der Waals surface area (Å²) in [6.45, 7) is 1.70. The molecule has 0 saturated heterocycles. The Bertz CT molecular complexity index is 540. The van der Waals surface area contributed by atoms with Crippen molar-refractivity contribution in [2.45, 2.75) is 6.42 Å². The second-order valence-corrected chi connectivity index (χ2v) is 4.66. The number of nitrogen functional groups attached to an aromatic ring is 1. The lowest BCUT2D eigenvalue weighted by Crippen LogP contribution is -2.09. The third-order valence-corrected chi connectivity index (χ3v) is 3.00. The van der Waals surface area contributed by atoms with Crippen molar-refractivity contribution in [2.75, 3.05) is 32.7 Å². The SMILES string of the molecule is COCCc1ccc(OCCOc2cccc(N)c2)cc1. The Morgan fingerprint density at radius 3 is 2.24 bits per heavy atom. The molecule has 0 aliphatic heterocycles. The predicted octanol–water partition coefficient (Wildman–Crippen LogP) is 2.92. The van der Waals surface area contributed by atoms with Gasteiger partial charge in [-0.15, -0.1) is 0 Å². The first-order valence-electron chi connectivity index (χ1n) is 6.97. The van der Waals surface area contributed by atoms with E-state index in [1.807, 2.05) is 42.5 Å². The molecule has 0 radical (unpaired) electrons. The van der Waals surface area contributed by atoms with Crippen molar-refractivity contribution >= 4 is 5.69 Å². The summed E-state index contributed by atoms with van der Waals surface area (Å²) >= 11 is 0. The highest BCUT2D eigenvalue weighted by Crippen LogP contribution is 2.15. The molecule has 2 aromatic carbocycles. The lowest BCUT2D eigenvalue weighted by molar-refractivity contribution is 0.202. The number of hydrogen-bond acceptors (Lipinski definition) is 4. The molecule has 0 saturated carbocycles. The Balaban J connectivity index is 1.71. The van der Waals surface area contributed by atoms with Gasteiger partial charge in [-0.25, -0.2) is 0 Å². The average Bonchev–Trinajstić information content (AvgIpc) is 2.51. The van der Waals surface area contributed by atoms with E-state index in [0.717, 1.165) is 24.5 Å². The molecule has 21 heavy (non-hydrogen) atoms. The fourth-order valence-electron chi connectivity index (χ4n) is 1.90. The highest BCUT2D eigenvalue weighted by Gasteiger charge is 1.98. The second-order valence-electron chi connectivity index (χ2n) is 4.66. The van der Waals surface area contributed by atoms with E-state index in [2.05, 4.69) is 0 Å². The molecule has 4 nitrogen and oxygen atoms in total. The number of methoxy groups -OCH3 is 1. The van der Waals surface area contributed by atoms with Crippen molar-refractivity contribution in [1.29, 1.82) is 0 Å². The van der Waals surface area contributed by atoms with Crippen LogP contribution < -0.4 is 15.2 Å². The summed E-state index contributed by atoms with van der Waals surface area (Å²) in [5, 5.41) is 0. The minimum absolute atomic E-state index is 0.481. The Morgan fingerprint density at radius 2 is 1.57 bits per heavy atom. The van der Waals surface area contributed by atoms with Gasteiger partial charge in [-0.05, 0) is 36.2 Å². The van der Waals surface area contributed by atoms with Gasteiger partial charge in [0.2, 0.25) is 0 Å². The van der Waals surface area contributed by atoms with E-state index in [-0.39, 0.29) is 0 Å². The number of benzene rings is 2. The first-order valence-corrected chi connectivity index (χ1v) is 6.97. The number of rotatable bonds is 8. The standard InChI is InChI=1S/C17H21NO3/c1-19-10-9-14-5-7-16(8-6-14)20-11-12-21-17-4-2-3-15(18)13-17/h2-8,13H,9-12,18H2,1H3. The van der Waals surface area contributed by atoms with E-state index in [1.54, 1.807) is 13.2 Å². The second kappa shape index (κ2) is 8.17. The van der Waals surface area contributed by atoms with Crippen LogP contribution in [0.3, 0.4) is 0 Å². The minimum Gasteiger partial charge on any atom is -0.490 e. The predicted molar refractivity (Wildman–Crippen MR) is 83.9 cm³/mol. The molecule has 0 bridgehead atoms. The topological polar surface area (TPSA) is 53.7 Å². The zero-order valence-electron chi connectivity index (χ0n) is 12.2. The molecule has 0 fully saturated rings. The van der Waals surface area contributed by atoms with Gasteiger partial charge in [0.05, 0.1) is 6.61 Å². The number of hydrogen-bond donors (Lipinski definition) is 1. The van der Waals surface area contributed by atoms with Gasteiger partial charge in [-0.1, -0.05) is 18.2 Å². The Hall–Kier alpha value is -2.20. The zero-order chi connectivity index (χ0) is 14.9. The van der Waals surface area contributed by atoms with Crippen LogP contribution in [-0.2, 0) is 11.2 Å². The summed E-state index contributed by atoms with van der Waals surface area (Å²) in [5.41, 5.74) is 7.61. The number of ether oxygens (including phenoxy) is 3. The smallest absolute Gasteiger partial charge is 0.122 e. The quantitative estimate of drug-likeness (QED) is 0.599. The van der Waals surface area contributed by atoms with E-state index in [1.165, 1.54) is 5.56 Å². The average molecular weight is 287 g/mol. The maximum absolute atomic E-state index is 5.68. The summed E-state index contributed by atoms with van der Waals surface area (Å²) < 4.78 is 16.2. The molecule has 112 valence electrons. The maximum atomic E-state index is 5.68. The first-order chi connectivity index (χ1) is 10.3. The van der Waals surface area contributed by atoms with Gasteiger partial charge in [0.1, 0.15) is 24.7 Å². The molecule has 0 atom stereocenters. The van der Waals surface area contributed by atoms with Gasteiger partial charge in [0.25, 0.3) is 0 Å². The molecule has 0 amide bonds. The molecule has 0 aliphatic carbocycles. The van der Waals surface area contributed by atoms with Crippen LogP contribution in [-0.4, -0.2) is 26.9 Å². The van der Waals surface area contributed by atoms with Gasteiger partial charge < -0.3 is 19.9 Å². The van der Waals surface area contributed by atoms with Crippen LogP contribution in [0, 0.1) is 0 Å². The monoisotopic (exact) mass is 287 g/mol. The summed E-state index contributed by atoms with van der Waals surface area (Å²) in [5.74, 6) is 1.60. The minimum atomic E-state index is 0.481. The van der Waals surface area contributed by atoms with Crippen molar-refractivity contribution in [1.82, 2.24) is 0 Å². The number of nitrogens with two attached hydrogens (primary N) is 1. The third-order valence-electron chi connectivity index (χ3n) is 3.00. The first kappa shape index (κ1) is 15.2. The fourth-order valence-corrected chi connectivity index (χ4v) is 1.90. The van der Waals surface area contributed by atoms with Crippen molar-refractivity contribution < 1.29 is 14.2 Å². The van der Waals surface area contributed by atoms with Gasteiger partial charge >= 0.3 is 0 Å². The normalized spacial score (nSPS) is 10.3. The molecule has 2 aromatic rings.